The minimum Gasteiger partial charge on any atom is -0.408 e. The van der Waals surface area contributed by atoms with E-state index in [1.54, 1.807) is 0 Å². The molecule has 3 N–H and O–H groups in total. The van der Waals surface area contributed by atoms with E-state index in [-0.39, 0.29) is 23.2 Å². The van der Waals surface area contributed by atoms with Gasteiger partial charge in [-0.3, -0.25) is 9.78 Å². The average Bonchev–Trinajstić information content (AvgIpc) is 3.11. The van der Waals surface area contributed by atoms with Crippen LogP contribution < -0.4 is 16.1 Å². The Hall–Kier alpha value is -2.13. The van der Waals surface area contributed by atoms with Gasteiger partial charge in [0.1, 0.15) is 19.0 Å². The van der Waals surface area contributed by atoms with Crippen molar-refractivity contribution in [1.29, 1.82) is 0 Å². The molecule has 1 unspecified atom stereocenters. The van der Waals surface area contributed by atoms with Gasteiger partial charge in [-0.15, -0.1) is 0 Å². The number of ether oxygens (including phenoxy) is 2. The highest BCUT2D eigenvalue weighted by atomic mass is 16.8. The Morgan fingerprint density at radius 1 is 1.43 bits per heavy atom. The summed E-state index contributed by atoms with van der Waals surface area (Å²) >= 11 is 0. The van der Waals surface area contributed by atoms with Crippen LogP contribution in [0.2, 0.25) is 0 Å². The van der Waals surface area contributed by atoms with Crippen molar-refractivity contribution < 1.29 is 14.3 Å². The maximum absolute atomic E-state index is 11.7. The third-order valence-electron chi connectivity index (χ3n) is 4.32. The topological polar surface area (TPSA) is 117 Å². The second kappa shape index (κ2) is 5.50. The summed E-state index contributed by atoms with van der Waals surface area (Å²) in [5, 5.41) is 0. The van der Waals surface area contributed by atoms with Crippen LogP contribution in [0.4, 0.5) is 5.95 Å². The summed E-state index contributed by atoms with van der Waals surface area (Å²) in [5.74, 6) is -0.405. The highest BCUT2D eigenvalue weighted by Crippen LogP contribution is 2.37. The lowest BCUT2D eigenvalue weighted by Crippen LogP contribution is -2.34. The van der Waals surface area contributed by atoms with Crippen LogP contribution in [0, 0.1) is 0 Å². The molecule has 0 bridgehead atoms. The van der Waals surface area contributed by atoms with Crippen LogP contribution in [0.5, 0.6) is 0 Å². The van der Waals surface area contributed by atoms with Gasteiger partial charge in [-0.05, 0) is 12.8 Å². The first-order valence-electron chi connectivity index (χ1n) is 7.83. The number of rotatable bonds is 3. The molecule has 2 aliphatic rings. The standard InChI is InChI=1S/C14H19N5O4/c15-13-17-11-10(12(20)18-13)16-8-19(11)22-7-9-6-21-14(23-9)4-2-1-3-5-14/h8-9H,1-7H2,(H3,15,17,18,20). The molecule has 2 aromatic rings. The number of hydrogen-bond donors (Lipinski definition) is 2. The Labute approximate surface area is 131 Å². The highest BCUT2D eigenvalue weighted by molar-refractivity contribution is 5.69. The van der Waals surface area contributed by atoms with Gasteiger partial charge in [-0.1, -0.05) is 6.42 Å². The number of aromatic amines is 1. The Morgan fingerprint density at radius 3 is 3.09 bits per heavy atom. The Balaban J connectivity index is 1.45. The molecule has 2 fully saturated rings. The van der Waals surface area contributed by atoms with Crippen molar-refractivity contribution in [3.05, 3.63) is 16.7 Å². The predicted octanol–water partition coefficient (Wildman–Crippen LogP) is 0.206. The average molecular weight is 321 g/mol. The molecule has 2 aromatic heterocycles. The van der Waals surface area contributed by atoms with Crippen molar-refractivity contribution in [1.82, 2.24) is 19.7 Å². The molecule has 0 aromatic carbocycles. The molecule has 124 valence electrons. The molecule has 23 heavy (non-hydrogen) atoms. The van der Waals surface area contributed by atoms with Crippen LogP contribution in [0.3, 0.4) is 0 Å². The third-order valence-corrected chi connectivity index (χ3v) is 4.32. The lowest BCUT2D eigenvalue weighted by Gasteiger charge is -2.31. The summed E-state index contributed by atoms with van der Waals surface area (Å²) in [7, 11) is 0. The molecule has 1 saturated carbocycles. The molecule has 1 aliphatic carbocycles. The first kappa shape index (κ1) is 14.5. The number of nitrogens with one attached hydrogen (secondary N) is 1. The van der Waals surface area contributed by atoms with Gasteiger partial charge in [0.25, 0.3) is 5.56 Å². The van der Waals surface area contributed by atoms with Crippen molar-refractivity contribution in [2.45, 2.75) is 44.0 Å². The zero-order valence-corrected chi connectivity index (χ0v) is 12.7. The van der Waals surface area contributed by atoms with Gasteiger partial charge in [0.2, 0.25) is 11.6 Å². The Kier molecular flexibility index (Phi) is 3.46. The van der Waals surface area contributed by atoms with E-state index in [2.05, 4.69) is 15.0 Å². The van der Waals surface area contributed by atoms with E-state index in [1.165, 1.54) is 17.5 Å². The van der Waals surface area contributed by atoms with Crippen LogP contribution in [-0.2, 0) is 9.47 Å². The van der Waals surface area contributed by atoms with E-state index in [0.29, 0.717) is 13.2 Å². The number of anilines is 1. The van der Waals surface area contributed by atoms with E-state index in [0.717, 1.165) is 25.7 Å². The monoisotopic (exact) mass is 321 g/mol. The quantitative estimate of drug-likeness (QED) is 0.829. The van der Waals surface area contributed by atoms with Crippen molar-refractivity contribution in [2.24, 2.45) is 0 Å². The number of fused-ring (bicyclic) bond motifs is 1. The number of hydrogen-bond acceptors (Lipinski definition) is 7. The molecule has 3 heterocycles. The molecule has 1 atom stereocenters. The molecule has 1 spiro atoms. The molecule has 4 rings (SSSR count). The molecule has 0 amide bonds. The molecular weight excluding hydrogens is 302 g/mol. The zero-order valence-electron chi connectivity index (χ0n) is 12.7. The van der Waals surface area contributed by atoms with Gasteiger partial charge < -0.3 is 20.0 Å². The zero-order chi connectivity index (χ0) is 15.9. The lowest BCUT2D eigenvalue weighted by atomic mass is 9.94. The van der Waals surface area contributed by atoms with Crippen molar-refractivity contribution >= 4 is 17.1 Å². The van der Waals surface area contributed by atoms with Gasteiger partial charge >= 0.3 is 0 Å². The number of nitrogens with two attached hydrogens (primary N) is 1. The van der Waals surface area contributed by atoms with E-state index in [4.69, 9.17) is 20.0 Å². The molecule has 9 heteroatoms. The van der Waals surface area contributed by atoms with Crippen LogP contribution >= 0.6 is 0 Å². The molecular formula is C14H19N5O4. The van der Waals surface area contributed by atoms with Crippen molar-refractivity contribution in [3.63, 3.8) is 0 Å². The third kappa shape index (κ3) is 2.66. The minimum atomic E-state index is -0.427. The van der Waals surface area contributed by atoms with Crippen molar-refractivity contribution in [3.8, 4) is 0 Å². The maximum atomic E-state index is 11.7. The smallest absolute Gasteiger partial charge is 0.280 e. The normalized spacial score (nSPS) is 23.6. The molecule has 1 saturated heterocycles. The van der Waals surface area contributed by atoms with Crippen LogP contribution in [0.25, 0.3) is 11.2 Å². The fourth-order valence-corrected chi connectivity index (χ4v) is 3.22. The van der Waals surface area contributed by atoms with Gasteiger partial charge in [-0.2, -0.15) is 9.71 Å². The lowest BCUT2D eigenvalue weighted by molar-refractivity contribution is -0.191. The first-order valence-corrected chi connectivity index (χ1v) is 7.83. The maximum Gasteiger partial charge on any atom is 0.280 e. The van der Waals surface area contributed by atoms with Gasteiger partial charge in [0, 0.05) is 12.8 Å². The summed E-state index contributed by atoms with van der Waals surface area (Å²) in [5.41, 5.74) is 5.64. The summed E-state index contributed by atoms with van der Waals surface area (Å²) in [6, 6.07) is 0. The fourth-order valence-electron chi connectivity index (χ4n) is 3.22. The van der Waals surface area contributed by atoms with E-state index >= 15 is 0 Å². The first-order chi connectivity index (χ1) is 11.2. The number of aromatic nitrogens is 4. The number of imidazole rings is 1. The predicted molar refractivity (Wildman–Crippen MR) is 80.6 cm³/mol. The second-order valence-electron chi connectivity index (χ2n) is 6.01. The highest BCUT2D eigenvalue weighted by Gasteiger charge is 2.42. The second-order valence-corrected chi connectivity index (χ2v) is 6.01. The number of nitrogen functional groups attached to an aromatic ring is 1. The summed E-state index contributed by atoms with van der Waals surface area (Å²) < 4.78 is 13.3. The van der Waals surface area contributed by atoms with Gasteiger partial charge in [0.15, 0.2) is 11.3 Å². The van der Waals surface area contributed by atoms with Crippen LogP contribution in [0.1, 0.15) is 32.1 Å². The summed E-state index contributed by atoms with van der Waals surface area (Å²) in [6.45, 7) is 0.796. The van der Waals surface area contributed by atoms with Crippen molar-refractivity contribution in [2.75, 3.05) is 18.9 Å². The van der Waals surface area contributed by atoms with E-state index in [9.17, 15) is 4.79 Å². The largest absolute Gasteiger partial charge is 0.408 e. The minimum absolute atomic E-state index is 0.0226. The molecule has 0 radical (unpaired) electrons. The number of H-pyrrole nitrogens is 1. The SMILES string of the molecule is Nc1nc2c(ncn2OCC2COC3(CCCCC3)O2)c(=O)[nH]1. The van der Waals surface area contributed by atoms with E-state index in [1.807, 2.05) is 0 Å². The van der Waals surface area contributed by atoms with Gasteiger partial charge in [0.05, 0.1) is 6.61 Å². The summed E-state index contributed by atoms with van der Waals surface area (Å²) in [4.78, 5) is 27.8. The fraction of sp³-hybridized carbons (Fsp3) is 0.643. The van der Waals surface area contributed by atoms with Crippen LogP contribution in [-0.4, -0.2) is 44.8 Å². The Morgan fingerprint density at radius 2 is 2.26 bits per heavy atom. The summed E-state index contributed by atoms with van der Waals surface area (Å²) in [6.07, 6.45) is 6.62. The molecule has 9 nitrogen and oxygen atoms in total. The Bertz CT molecular complexity index is 764. The van der Waals surface area contributed by atoms with Gasteiger partial charge in [-0.25, -0.2) is 4.98 Å². The molecule has 1 aliphatic heterocycles. The van der Waals surface area contributed by atoms with E-state index < -0.39 is 11.3 Å². The van der Waals surface area contributed by atoms with Crippen LogP contribution in [0.15, 0.2) is 11.1 Å². The number of nitrogens with zero attached hydrogens (tertiary/aromatic N) is 3.